The number of benzene rings is 2. The summed E-state index contributed by atoms with van der Waals surface area (Å²) in [6.07, 6.45) is 0. The fraction of sp³-hybridized carbons (Fsp3) is 0.136. The van der Waals surface area contributed by atoms with Gasteiger partial charge in [-0.1, -0.05) is 12.1 Å². The van der Waals surface area contributed by atoms with Crippen LogP contribution in [-0.2, 0) is 9.59 Å². The van der Waals surface area contributed by atoms with Gasteiger partial charge < -0.3 is 16.0 Å². The Hall–Kier alpha value is -3.10. The zero-order chi connectivity index (χ0) is 21.5. The first-order valence-electron chi connectivity index (χ1n) is 9.21. The number of rotatable bonds is 7. The molecule has 0 aliphatic carbocycles. The van der Waals surface area contributed by atoms with E-state index in [2.05, 4.69) is 16.0 Å². The van der Waals surface area contributed by atoms with E-state index >= 15 is 0 Å². The number of amides is 3. The lowest BCUT2D eigenvalue weighted by atomic mass is 10.2. The molecular formula is C22H21N3O3S2. The minimum absolute atomic E-state index is 0.139. The van der Waals surface area contributed by atoms with Crippen LogP contribution in [0.15, 0.2) is 70.9 Å². The van der Waals surface area contributed by atoms with Crippen molar-refractivity contribution in [3.05, 3.63) is 70.9 Å². The van der Waals surface area contributed by atoms with Crippen molar-refractivity contribution in [3.8, 4) is 0 Å². The SMILES string of the molecule is CC(=O)Nc1ccc(NC(=O)C(C)Sc2cccc(NC(=O)c3cccs3)c2)cc1. The molecule has 1 heterocycles. The predicted octanol–water partition coefficient (Wildman–Crippen LogP) is 5.08. The average molecular weight is 440 g/mol. The Kier molecular flexibility index (Phi) is 7.26. The van der Waals surface area contributed by atoms with E-state index in [0.717, 1.165) is 4.90 Å². The predicted molar refractivity (Wildman–Crippen MR) is 123 cm³/mol. The average Bonchev–Trinajstić information content (AvgIpc) is 3.24. The molecule has 30 heavy (non-hydrogen) atoms. The van der Waals surface area contributed by atoms with E-state index in [0.29, 0.717) is 21.9 Å². The zero-order valence-corrected chi connectivity index (χ0v) is 18.1. The van der Waals surface area contributed by atoms with Crippen LogP contribution in [0.25, 0.3) is 0 Å². The largest absolute Gasteiger partial charge is 0.326 e. The third kappa shape index (κ3) is 6.20. The minimum Gasteiger partial charge on any atom is -0.326 e. The molecule has 0 aliphatic heterocycles. The van der Waals surface area contributed by atoms with Crippen molar-refractivity contribution in [1.29, 1.82) is 0 Å². The second-order valence-corrected chi connectivity index (χ2v) is 8.83. The highest BCUT2D eigenvalue weighted by Gasteiger charge is 2.15. The third-order valence-electron chi connectivity index (χ3n) is 3.99. The summed E-state index contributed by atoms with van der Waals surface area (Å²) in [7, 11) is 0. The maximum absolute atomic E-state index is 12.5. The smallest absolute Gasteiger partial charge is 0.265 e. The Morgan fingerprint density at radius 1 is 0.867 bits per heavy atom. The van der Waals surface area contributed by atoms with Crippen molar-refractivity contribution in [2.75, 3.05) is 16.0 Å². The summed E-state index contributed by atoms with van der Waals surface area (Å²) in [6.45, 7) is 3.26. The molecule has 0 radical (unpaired) electrons. The highest BCUT2D eigenvalue weighted by molar-refractivity contribution is 8.00. The van der Waals surface area contributed by atoms with Gasteiger partial charge in [-0.25, -0.2) is 0 Å². The standard InChI is InChI=1S/C22H21N3O3S2/c1-14(21(27)24-17-10-8-16(9-11-17)23-15(2)26)30-19-6-3-5-18(13-19)25-22(28)20-7-4-12-29-20/h3-14H,1-2H3,(H,23,26)(H,24,27)(H,25,28). The maximum Gasteiger partial charge on any atom is 0.265 e. The molecule has 6 nitrogen and oxygen atoms in total. The number of hydrogen-bond donors (Lipinski definition) is 3. The molecule has 2 aromatic carbocycles. The number of thioether (sulfide) groups is 1. The Morgan fingerprint density at radius 2 is 1.57 bits per heavy atom. The highest BCUT2D eigenvalue weighted by atomic mass is 32.2. The van der Waals surface area contributed by atoms with Gasteiger partial charge in [0, 0.05) is 28.9 Å². The molecule has 0 saturated heterocycles. The van der Waals surface area contributed by atoms with Crippen LogP contribution >= 0.6 is 23.1 Å². The quantitative estimate of drug-likeness (QED) is 0.448. The molecule has 0 fully saturated rings. The first-order valence-corrected chi connectivity index (χ1v) is 11.0. The van der Waals surface area contributed by atoms with Crippen molar-refractivity contribution in [1.82, 2.24) is 0 Å². The molecule has 1 unspecified atom stereocenters. The summed E-state index contributed by atoms with van der Waals surface area (Å²) in [6, 6.07) is 18.0. The molecule has 8 heteroatoms. The minimum atomic E-state index is -0.344. The maximum atomic E-state index is 12.5. The third-order valence-corrected chi connectivity index (χ3v) is 5.95. The summed E-state index contributed by atoms with van der Waals surface area (Å²) in [5, 5.41) is 9.94. The van der Waals surface area contributed by atoms with E-state index in [1.807, 2.05) is 42.6 Å². The summed E-state index contributed by atoms with van der Waals surface area (Å²) >= 11 is 2.79. The molecule has 0 saturated carbocycles. The molecular weight excluding hydrogens is 418 g/mol. The van der Waals surface area contributed by atoms with Gasteiger partial charge in [0.25, 0.3) is 5.91 Å². The van der Waals surface area contributed by atoms with Gasteiger partial charge in [-0.05, 0) is 60.8 Å². The fourth-order valence-corrected chi connectivity index (χ4v) is 4.13. The second kappa shape index (κ2) is 10.1. The van der Waals surface area contributed by atoms with Crippen LogP contribution in [0.2, 0.25) is 0 Å². The lowest BCUT2D eigenvalue weighted by Gasteiger charge is -2.13. The van der Waals surface area contributed by atoms with Crippen LogP contribution in [0, 0.1) is 0 Å². The van der Waals surface area contributed by atoms with Crippen LogP contribution in [0.1, 0.15) is 23.5 Å². The number of anilines is 3. The Bertz CT molecular complexity index is 1030. The van der Waals surface area contributed by atoms with Crippen LogP contribution in [-0.4, -0.2) is 23.0 Å². The van der Waals surface area contributed by atoms with E-state index in [-0.39, 0.29) is 23.0 Å². The number of carbonyl (C=O) groups excluding carboxylic acids is 3. The van der Waals surface area contributed by atoms with Gasteiger partial charge in [0.15, 0.2) is 0 Å². The van der Waals surface area contributed by atoms with Crippen molar-refractivity contribution < 1.29 is 14.4 Å². The molecule has 3 aromatic rings. The molecule has 1 aromatic heterocycles. The number of nitrogens with one attached hydrogen (secondary N) is 3. The van der Waals surface area contributed by atoms with Gasteiger partial charge in [-0.15, -0.1) is 23.1 Å². The van der Waals surface area contributed by atoms with Crippen LogP contribution in [0.5, 0.6) is 0 Å². The molecule has 3 N–H and O–H groups in total. The van der Waals surface area contributed by atoms with E-state index < -0.39 is 0 Å². The first-order chi connectivity index (χ1) is 14.4. The topological polar surface area (TPSA) is 87.3 Å². The van der Waals surface area contributed by atoms with E-state index in [9.17, 15) is 14.4 Å². The Balaban J connectivity index is 1.57. The van der Waals surface area contributed by atoms with Gasteiger partial charge in [0.1, 0.15) is 0 Å². The van der Waals surface area contributed by atoms with Crippen molar-refractivity contribution in [2.24, 2.45) is 0 Å². The lowest BCUT2D eigenvalue weighted by Crippen LogP contribution is -2.22. The zero-order valence-electron chi connectivity index (χ0n) is 16.5. The van der Waals surface area contributed by atoms with Crippen molar-refractivity contribution in [3.63, 3.8) is 0 Å². The van der Waals surface area contributed by atoms with Gasteiger partial charge in [-0.3, -0.25) is 14.4 Å². The number of hydrogen-bond acceptors (Lipinski definition) is 5. The van der Waals surface area contributed by atoms with Gasteiger partial charge in [0.05, 0.1) is 10.1 Å². The first kappa shape index (κ1) is 21.6. The molecule has 0 spiro atoms. The van der Waals surface area contributed by atoms with Crippen LogP contribution < -0.4 is 16.0 Å². The fourth-order valence-electron chi connectivity index (χ4n) is 2.59. The number of thiophene rings is 1. The van der Waals surface area contributed by atoms with E-state index in [1.54, 1.807) is 30.3 Å². The van der Waals surface area contributed by atoms with Crippen LogP contribution in [0.4, 0.5) is 17.1 Å². The monoisotopic (exact) mass is 439 g/mol. The molecule has 0 aliphatic rings. The van der Waals surface area contributed by atoms with Crippen LogP contribution in [0.3, 0.4) is 0 Å². The number of carbonyl (C=O) groups is 3. The van der Waals surface area contributed by atoms with Crippen molar-refractivity contribution in [2.45, 2.75) is 24.0 Å². The van der Waals surface area contributed by atoms with Gasteiger partial charge in [-0.2, -0.15) is 0 Å². The normalized spacial score (nSPS) is 11.4. The van der Waals surface area contributed by atoms with E-state index in [4.69, 9.17) is 0 Å². The summed E-state index contributed by atoms with van der Waals surface area (Å²) < 4.78 is 0. The van der Waals surface area contributed by atoms with Crippen molar-refractivity contribution >= 4 is 57.9 Å². The molecule has 3 rings (SSSR count). The van der Waals surface area contributed by atoms with Gasteiger partial charge >= 0.3 is 0 Å². The Morgan fingerprint density at radius 3 is 2.20 bits per heavy atom. The second-order valence-electron chi connectivity index (χ2n) is 6.47. The summed E-state index contributed by atoms with van der Waals surface area (Å²) in [4.78, 5) is 37.3. The molecule has 0 bridgehead atoms. The highest BCUT2D eigenvalue weighted by Crippen LogP contribution is 2.27. The van der Waals surface area contributed by atoms with Gasteiger partial charge in [0.2, 0.25) is 11.8 Å². The molecule has 154 valence electrons. The molecule has 3 amide bonds. The lowest BCUT2D eigenvalue weighted by molar-refractivity contribution is -0.115. The molecule has 1 atom stereocenters. The van der Waals surface area contributed by atoms with E-state index in [1.165, 1.54) is 30.0 Å². The summed E-state index contributed by atoms with van der Waals surface area (Å²) in [5.41, 5.74) is 2.00. The summed E-state index contributed by atoms with van der Waals surface area (Å²) in [5.74, 6) is -0.438. The Labute approximate surface area is 183 Å².